The molecule has 1 aliphatic heterocycles. The molecular weight excluding hydrogens is 218 g/mol. The van der Waals surface area contributed by atoms with E-state index in [-0.39, 0.29) is 10.6 Å². The zero-order valence-corrected chi connectivity index (χ0v) is 8.96. The van der Waals surface area contributed by atoms with Gasteiger partial charge in [0.15, 0.2) is 5.82 Å². The maximum atomic E-state index is 11.3. The van der Waals surface area contributed by atoms with Crippen LogP contribution in [0.3, 0.4) is 0 Å². The van der Waals surface area contributed by atoms with Crippen molar-refractivity contribution in [3.63, 3.8) is 0 Å². The minimum atomic E-state index is -0.299. The first-order valence-corrected chi connectivity index (χ1v) is 5.22. The number of rotatable bonds is 1. The van der Waals surface area contributed by atoms with Gasteiger partial charge in [0.1, 0.15) is 5.02 Å². The lowest BCUT2D eigenvalue weighted by molar-refractivity contribution is 0.152. The molecule has 0 aromatic carbocycles. The van der Waals surface area contributed by atoms with E-state index in [2.05, 4.69) is 9.97 Å². The number of hydrogen-bond acceptors (Lipinski definition) is 4. The third-order valence-corrected chi connectivity index (χ3v) is 2.64. The molecule has 0 spiro atoms. The van der Waals surface area contributed by atoms with Crippen LogP contribution in [-0.2, 0) is 4.74 Å². The third-order valence-electron chi connectivity index (χ3n) is 2.30. The zero-order chi connectivity index (χ0) is 10.7. The topological polar surface area (TPSA) is 58.2 Å². The lowest BCUT2D eigenvalue weighted by Gasteiger charge is -2.20. The number of anilines is 1. The van der Waals surface area contributed by atoms with Gasteiger partial charge in [-0.25, -0.2) is 4.98 Å². The number of hydrogen-bond donors (Lipinski definition) is 1. The molecule has 0 saturated carbocycles. The fourth-order valence-corrected chi connectivity index (χ4v) is 1.77. The summed E-state index contributed by atoms with van der Waals surface area (Å²) < 4.78 is 5.32. The van der Waals surface area contributed by atoms with Crippen molar-refractivity contribution in [1.29, 1.82) is 0 Å². The molecule has 1 saturated heterocycles. The number of ether oxygens (including phenoxy) is 1. The van der Waals surface area contributed by atoms with E-state index in [4.69, 9.17) is 16.3 Å². The first-order valence-electron chi connectivity index (χ1n) is 4.85. The fraction of sp³-hybridized carbons (Fsp3) is 0.556. The lowest BCUT2D eigenvalue weighted by atomic mass is 10.4. The molecule has 82 valence electrons. The van der Waals surface area contributed by atoms with Crippen LogP contribution in [0.25, 0.3) is 0 Å². The van der Waals surface area contributed by atoms with Crippen molar-refractivity contribution < 1.29 is 4.74 Å². The lowest BCUT2D eigenvalue weighted by Crippen LogP contribution is -2.28. The highest BCUT2D eigenvalue weighted by Crippen LogP contribution is 2.19. The van der Waals surface area contributed by atoms with Gasteiger partial charge in [0, 0.05) is 19.7 Å². The van der Waals surface area contributed by atoms with Crippen molar-refractivity contribution in [3.8, 4) is 0 Å². The second-order valence-electron chi connectivity index (χ2n) is 3.32. The molecule has 0 atom stereocenters. The Bertz CT molecular complexity index is 385. The highest BCUT2D eigenvalue weighted by molar-refractivity contribution is 6.32. The minimum absolute atomic E-state index is 0.152. The number of nitrogens with zero attached hydrogens (tertiary/aromatic N) is 2. The summed E-state index contributed by atoms with van der Waals surface area (Å²) in [6, 6.07) is 0. The summed E-state index contributed by atoms with van der Waals surface area (Å²) in [5.74, 6) is 0.547. The number of aromatic amines is 1. The van der Waals surface area contributed by atoms with E-state index < -0.39 is 0 Å². The van der Waals surface area contributed by atoms with Crippen molar-refractivity contribution in [2.75, 3.05) is 31.2 Å². The molecule has 1 aromatic rings. The van der Waals surface area contributed by atoms with Crippen LogP contribution >= 0.6 is 11.6 Å². The van der Waals surface area contributed by atoms with E-state index in [1.54, 1.807) is 0 Å². The number of aromatic nitrogens is 2. The van der Waals surface area contributed by atoms with E-state index in [0.29, 0.717) is 12.4 Å². The first-order chi connectivity index (χ1) is 7.29. The van der Waals surface area contributed by atoms with Crippen molar-refractivity contribution in [3.05, 3.63) is 21.7 Å². The van der Waals surface area contributed by atoms with Crippen LogP contribution in [0.15, 0.2) is 11.1 Å². The van der Waals surface area contributed by atoms with Gasteiger partial charge in [-0.2, -0.15) is 0 Å². The Kier molecular flexibility index (Phi) is 3.23. The minimum Gasteiger partial charge on any atom is -0.380 e. The van der Waals surface area contributed by atoms with E-state index in [1.165, 1.54) is 6.33 Å². The second-order valence-corrected chi connectivity index (χ2v) is 3.70. The molecular formula is C9H12ClN3O2. The summed E-state index contributed by atoms with van der Waals surface area (Å²) in [5, 5.41) is 0.152. The Morgan fingerprint density at radius 1 is 1.47 bits per heavy atom. The average molecular weight is 230 g/mol. The van der Waals surface area contributed by atoms with Crippen molar-refractivity contribution in [2.45, 2.75) is 6.42 Å². The van der Waals surface area contributed by atoms with E-state index in [0.717, 1.165) is 26.1 Å². The van der Waals surface area contributed by atoms with Gasteiger partial charge in [0.25, 0.3) is 5.56 Å². The van der Waals surface area contributed by atoms with Gasteiger partial charge in [-0.3, -0.25) is 4.79 Å². The molecule has 5 nitrogen and oxygen atoms in total. The Morgan fingerprint density at radius 3 is 3.20 bits per heavy atom. The summed E-state index contributed by atoms with van der Waals surface area (Å²) in [4.78, 5) is 19.8. The van der Waals surface area contributed by atoms with Gasteiger partial charge in [0.2, 0.25) is 0 Å². The van der Waals surface area contributed by atoms with Gasteiger partial charge in [-0.15, -0.1) is 0 Å². The van der Waals surface area contributed by atoms with Crippen molar-refractivity contribution >= 4 is 17.4 Å². The van der Waals surface area contributed by atoms with Crippen LogP contribution in [0, 0.1) is 0 Å². The molecule has 0 unspecified atom stereocenters. The van der Waals surface area contributed by atoms with Gasteiger partial charge in [0.05, 0.1) is 12.9 Å². The van der Waals surface area contributed by atoms with E-state index in [9.17, 15) is 4.79 Å². The van der Waals surface area contributed by atoms with E-state index >= 15 is 0 Å². The molecule has 6 heteroatoms. The molecule has 0 radical (unpaired) electrons. The van der Waals surface area contributed by atoms with Crippen LogP contribution in [0.4, 0.5) is 5.82 Å². The van der Waals surface area contributed by atoms with Crippen molar-refractivity contribution in [2.24, 2.45) is 0 Å². The summed E-state index contributed by atoms with van der Waals surface area (Å²) in [7, 11) is 0. The molecule has 0 bridgehead atoms. The third kappa shape index (κ3) is 2.30. The van der Waals surface area contributed by atoms with Gasteiger partial charge in [-0.1, -0.05) is 11.6 Å². The van der Waals surface area contributed by atoms with Crippen LogP contribution in [0.2, 0.25) is 5.02 Å². The predicted molar refractivity (Wildman–Crippen MR) is 57.5 cm³/mol. The fourth-order valence-electron chi connectivity index (χ4n) is 1.55. The molecule has 1 N–H and O–H groups in total. The van der Waals surface area contributed by atoms with Crippen LogP contribution in [0.5, 0.6) is 0 Å². The Hall–Kier alpha value is -1.07. The number of nitrogens with one attached hydrogen (secondary N) is 1. The summed E-state index contributed by atoms with van der Waals surface area (Å²) in [6.45, 7) is 2.93. The largest absolute Gasteiger partial charge is 0.380 e. The normalized spacial score (nSPS) is 17.5. The van der Waals surface area contributed by atoms with Gasteiger partial charge >= 0.3 is 0 Å². The molecule has 2 heterocycles. The Labute approximate surface area is 92.0 Å². The Balaban J connectivity index is 2.27. The monoisotopic (exact) mass is 229 g/mol. The van der Waals surface area contributed by atoms with Crippen molar-refractivity contribution in [1.82, 2.24) is 9.97 Å². The maximum Gasteiger partial charge on any atom is 0.271 e. The standard InChI is InChI=1S/C9H12ClN3O2/c10-7-8(11-6-12-9(7)14)13-2-1-4-15-5-3-13/h6H,1-5H2,(H,11,12,14). The maximum absolute atomic E-state index is 11.3. The Morgan fingerprint density at radius 2 is 2.33 bits per heavy atom. The summed E-state index contributed by atoms with van der Waals surface area (Å²) in [5.41, 5.74) is -0.299. The second kappa shape index (κ2) is 4.63. The van der Waals surface area contributed by atoms with Gasteiger partial charge in [-0.05, 0) is 6.42 Å². The molecule has 2 rings (SSSR count). The summed E-state index contributed by atoms with van der Waals surface area (Å²) >= 11 is 5.89. The van der Waals surface area contributed by atoms with Crippen LogP contribution < -0.4 is 10.5 Å². The van der Waals surface area contributed by atoms with Gasteiger partial charge < -0.3 is 14.6 Å². The molecule has 0 aliphatic carbocycles. The highest BCUT2D eigenvalue weighted by atomic mass is 35.5. The zero-order valence-electron chi connectivity index (χ0n) is 8.20. The molecule has 1 aromatic heterocycles. The average Bonchev–Trinajstić information content (AvgIpc) is 2.50. The molecule has 1 aliphatic rings. The molecule has 0 amide bonds. The molecule has 1 fully saturated rings. The smallest absolute Gasteiger partial charge is 0.271 e. The first kappa shape index (κ1) is 10.4. The predicted octanol–water partition coefficient (Wildman–Crippen LogP) is 0.650. The molecule has 15 heavy (non-hydrogen) atoms. The van der Waals surface area contributed by atoms with Crippen LogP contribution in [-0.4, -0.2) is 36.3 Å². The quantitative estimate of drug-likeness (QED) is 0.768. The van der Waals surface area contributed by atoms with E-state index in [1.807, 2.05) is 4.90 Å². The van der Waals surface area contributed by atoms with Crippen LogP contribution in [0.1, 0.15) is 6.42 Å². The SMILES string of the molecule is O=c1[nH]cnc(N2CCCOCC2)c1Cl. The number of halogens is 1. The number of H-pyrrole nitrogens is 1. The highest BCUT2D eigenvalue weighted by Gasteiger charge is 2.15. The summed E-state index contributed by atoms with van der Waals surface area (Å²) in [6.07, 6.45) is 2.29.